The van der Waals surface area contributed by atoms with Crippen LogP contribution >= 0.6 is 11.3 Å². The summed E-state index contributed by atoms with van der Waals surface area (Å²) in [6.45, 7) is 1.62. The highest BCUT2D eigenvalue weighted by molar-refractivity contribution is 7.10. The van der Waals surface area contributed by atoms with E-state index in [1.165, 1.54) is 11.3 Å². The second-order valence-corrected chi connectivity index (χ2v) is 6.04. The zero-order chi connectivity index (χ0) is 15.5. The van der Waals surface area contributed by atoms with Crippen LogP contribution in [0.5, 0.6) is 0 Å². The fourth-order valence-corrected chi connectivity index (χ4v) is 3.15. The summed E-state index contributed by atoms with van der Waals surface area (Å²) in [7, 11) is 0. The number of hydrogen-bond acceptors (Lipinski definition) is 4. The third kappa shape index (κ3) is 2.94. The molecule has 0 atom stereocenters. The molecule has 0 amide bonds. The predicted molar refractivity (Wildman–Crippen MR) is 86.3 cm³/mol. The Morgan fingerprint density at radius 2 is 2.00 bits per heavy atom. The quantitative estimate of drug-likeness (QED) is 0.579. The van der Waals surface area contributed by atoms with Gasteiger partial charge >= 0.3 is 5.97 Å². The van der Waals surface area contributed by atoms with E-state index in [0.717, 1.165) is 21.5 Å². The number of fused-ring (bicyclic) bond motifs is 1. The lowest BCUT2D eigenvalue weighted by molar-refractivity contribution is -0.141. The monoisotopic (exact) mass is 313 g/mol. The SMILES string of the molecule is Cc1[nH]c2ccccc2c1C(=O)COC(=O)Cc1cccs1. The molecule has 1 aromatic carbocycles. The molecule has 22 heavy (non-hydrogen) atoms. The first-order valence-corrected chi connectivity index (χ1v) is 7.81. The first kappa shape index (κ1) is 14.5. The minimum Gasteiger partial charge on any atom is -0.457 e. The number of carbonyl (C=O) groups is 2. The zero-order valence-corrected chi connectivity index (χ0v) is 12.9. The fraction of sp³-hybridized carbons (Fsp3) is 0.176. The largest absolute Gasteiger partial charge is 0.457 e. The molecule has 2 aromatic heterocycles. The van der Waals surface area contributed by atoms with Gasteiger partial charge in [0.05, 0.1) is 6.42 Å². The summed E-state index contributed by atoms with van der Waals surface area (Å²) < 4.78 is 5.11. The van der Waals surface area contributed by atoms with E-state index in [4.69, 9.17) is 4.74 Å². The van der Waals surface area contributed by atoms with Crippen molar-refractivity contribution in [2.24, 2.45) is 0 Å². The number of Topliss-reactive ketones (excluding diaryl/α,β-unsaturated/α-hetero) is 1. The number of aryl methyl sites for hydroxylation is 1. The number of aromatic amines is 1. The van der Waals surface area contributed by atoms with E-state index in [1.807, 2.05) is 48.7 Å². The number of para-hydroxylation sites is 1. The number of nitrogens with one attached hydrogen (secondary N) is 1. The second-order valence-electron chi connectivity index (χ2n) is 5.01. The van der Waals surface area contributed by atoms with E-state index >= 15 is 0 Å². The topological polar surface area (TPSA) is 59.2 Å². The number of benzene rings is 1. The summed E-state index contributed by atoms with van der Waals surface area (Å²) in [5.41, 5.74) is 2.30. The number of ether oxygens (including phenoxy) is 1. The lowest BCUT2D eigenvalue weighted by Gasteiger charge is -2.04. The Balaban J connectivity index is 1.68. The maximum Gasteiger partial charge on any atom is 0.311 e. The summed E-state index contributed by atoms with van der Waals surface area (Å²) in [4.78, 5) is 28.2. The lowest BCUT2D eigenvalue weighted by atomic mass is 10.1. The van der Waals surface area contributed by atoms with Crippen molar-refractivity contribution in [2.45, 2.75) is 13.3 Å². The van der Waals surface area contributed by atoms with E-state index in [0.29, 0.717) is 5.56 Å². The third-order valence-electron chi connectivity index (χ3n) is 3.44. The highest BCUT2D eigenvalue weighted by Gasteiger charge is 2.17. The summed E-state index contributed by atoms with van der Waals surface area (Å²) in [6, 6.07) is 11.4. The number of rotatable bonds is 5. The Labute approximate surface area is 131 Å². The molecule has 112 valence electrons. The number of hydrogen-bond donors (Lipinski definition) is 1. The van der Waals surface area contributed by atoms with Gasteiger partial charge in [-0.2, -0.15) is 0 Å². The van der Waals surface area contributed by atoms with E-state index in [-0.39, 0.29) is 24.8 Å². The molecular weight excluding hydrogens is 298 g/mol. The molecule has 3 rings (SSSR count). The maximum atomic E-state index is 12.4. The van der Waals surface area contributed by atoms with Crippen LogP contribution in [0.25, 0.3) is 10.9 Å². The minimum absolute atomic E-state index is 0.186. The molecule has 0 aliphatic carbocycles. The van der Waals surface area contributed by atoms with Gasteiger partial charge in [0.15, 0.2) is 6.61 Å². The molecule has 0 saturated heterocycles. The average molecular weight is 313 g/mol. The Morgan fingerprint density at radius 1 is 1.18 bits per heavy atom. The summed E-state index contributed by atoms with van der Waals surface area (Å²) in [5.74, 6) is -0.567. The van der Waals surface area contributed by atoms with Gasteiger partial charge in [0.25, 0.3) is 0 Å². The van der Waals surface area contributed by atoms with Crippen molar-refractivity contribution in [2.75, 3.05) is 6.61 Å². The molecule has 5 heteroatoms. The van der Waals surface area contributed by atoms with Crippen LogP contribution in [0.3, 0.4) is 0 Å². The van der Waals surface area contributed by atoms with Crippen LogP contribution in [-0.4, -0.2) is 23.3 Å². The molecule has 4 nitrogen and oxygen atoms in total. The van der Waals surface area contributed by atoms with Crippen molar-refractivity contribution >= 4 is 34.0 Å². The molecule has 0 spiro atoms. The predicted octanol–water partition coefficient (Wildman–Crippen LogP) is 3.51. The molecule has 1 N–H and O–H groups in total. The van der Waals surface area contributed by atoms with Crippen LogP contribution in [0.15, 0.2) is 41.8 Å². The standard InChI is InChI=1S/C17H15NO3S/c1-11-17(13-6-2-3-7-14(13)18-11)15(19)10-21-16(20)9-12-5-4-8-22-12/h2-8,18H,9-10H2,1H3. The van der Waals surface area contributed by atoms with Crippen LogP contribution in [0.1, 0.15) is 20.9 Å². The van der Waals surface area contributed by atoms with Gasteiger partial charge in [0.1, 0.15) is 0 Å². The van der Waals surface area contributed by atoms with Gasteiger partial charge in [-0.25, -0.2) is 0 Å². The molecule has 0 bridgehead atoms. The average Bonchev–Trinajstić information content (AvgIpc) is 3.11. The maximum absolute atomic E-state index is 12.4. The van der Waals surface area contributed by atoms with Gasteiger partial charge in [-0.3, -0.25) is 9.59 Å². The Hall–Kier alpha value is -2.40. The molecule has 0 unspecified atom stereocenters. The first-order chi connectivity index (χ1) is 10.6. The lowest BCUT2D eigenvalue weighted by Crippen LogP contribution is -2.15. The number of carbonyl (C=O) groups excluding carboxylic acids is 2. The van der Waals surface area contributed by atoms with E-state index in [1.54, 1.807) is 0 Å². The molecular formula is C17H15NO3S. The number of ketones is 1. The van der Waals surface area contributed by atoms with Crippen LogP contribution in [0.2, 0.25) is 0 Å². The highest BCUT2D eigenvalue weighted by atomic mass is 32.1. The van der Waals surface area contributed by atoms with Crippen molar-refractivity contribution in [1.29, 1.82) is 0 Å². The minimum atomic E-state index is -0.381. The fourth-order valence-electron chi connectivity index (χ4n) is 2.46. The second kappa shape index (κ2) is 6.15. The molecule has 2 heterocycles. The smallest absolute Gasteiger partial charge is 0.311 e. The van der Waals surface area contributed by atoms with Gasteiger partial charge in [-0.1, -0.05) is 24.3 Å². The Bertz CT molecular complexity index is 818. The van der Waals surface area contributed by atoms with Gasteiger partial charge < -0.3 is 9.72 Å². The summed E-state index contributed by atoms with van der Waals surface area (Å²) >= 11 is 1.50. The van der Waals surface area contributed by atoms with Crippen molar-refractivity contribution in [3.05, 3.63) is 57.9 Å². The van der Waals surface area contributed by atoms with Crippen molar-refractivity contribution in [1.82, 2.24) is 4.98 Å². The number of aromatic nitrogens is 1. The normalized spacial score (nSPS) is 10.8. The number of H-pyrrole nitrogens is 1. The van der Waals surface area contributed by atoms with Gasteiger partial charge in [0.2, 0.25) is 5.78 Å². The van der Waals surface area contributed by atoms with Crippen LogP contribution in [0.4, 0.5) is 0 Å². The summed E-state index contributed by atoms with van der Waals surface area (Å²) in [5, 5.41) is 2.77. The van der Waals surface area contributed by atoms with Gasteiger partial charge in [0, 0.05) is 27.0 Å². The van der Waals surface area contributed by atoms with Crippen molar-refractivity contribution in [3.63, 3.8) is 0 Å². The molecule has 0 saturated carbocycles. The molecule has 3 aromatic rings. The molecule has 0 aliphatic rings. The Morgan fingerprint density at radius 3 is 2.77 bits per heavy atom. The van der Waals surface area contributed by atoms with Crippen LogP contribution < -0.4 is 0 Å². The highest BCUT2D eigenvalue weighted by Crippen LogP contribution is 2.22. The zero-order valence-electron chi connectivity index (χ0n) is 12.1. The number of thiophene rings is 1. The molecule has 0 radical (unpaired) electrons. The Kier molecular flexibility index (Phi) is 4.06. The first-order valence-electron chi connectivity index (χ1n) is 6.93. The van der Waals surface area contributed by atoms with Gasteiger partial charge in [-0.05, 0) is 24.4 Å². The molecule has 0 fully saturated rings. The van der Waals surface area contributed by atoms with Crippen LogP contribution in [0, 0.1) is 6.92 Å². The van der Waals surface area contributed by atoms with E-state index in [2.05, 4.69) is 4.98 Å². The van der Waals surface area contributed by atoms with Crippen molar-refractivity contribution < 1.29 is 14.3 Å². The van der Waals surface area contributed by atoms with E-state index in [9.17, 15) is 9.59 Å². The summed E-state index contributed by atoms with van der Waals surface area (Å²) in [6.07, 6.45) is 0.206. The number of esters is 1. The van der Waals surface area contributed by atoms with Crippen LogP contribution in [-0.2, 0) is 16.0 Å². The van der Waals surface area contributed by atoms with Gasteiger partial charge in [-0.15, -0.1) is 11.3 Å². The molecule has 0 aliphatic heterocycles. The van der Waals surface area contributed by atoms with E-state index < -0.39 is 0 Å². The van der Waals surface area contributed by atoms with Crippen molar-refractivity contribution in [3.8, 4) is 0 Å². The third-order valence-corrected chi connectivity index (χ3v) is 4.31.